The number of carbonyl (C=O) groups is 2. The van der Waals surface area contributed by atoms with Gasteiger partial charge in [0.05, 0.1) is 39.2 Å². The lowest BCUT2D eigenvalue weighted by atomic mass is 10.1. The maximum Gasteiger partial charge on any atom is 0.340 e. The van der Waals surface area contributed by atoms with Crippen molar-refractivity contribution >= 4 is 17.6 Å². The maximum atomic E-state index is 12.6. The Balaban J connectivity index is 2.23. The zero-order valence-corrected chi connectivity index (χ0v) is 16.5. The number of methoxy groups -OCH3 is 3. The fourth-order valence-electron chi connectivity index (χ4n) is 2.49. The highest BCUT2D eigenvalue weighted by atomic mass is 16.5. The van der Waals surface area contributed by atoms with Crippen LogP contribution in [0.25, 0.3) is 0 Å². The second-order valence-electron chi connectivity index (χ2n) is 5.92. The van der Waals surface area contributed by atoms with E-state index in [0.29, 0.717) is 29.4 Å². The first-order valence-corrected chi connectivity index (χ1v) is 8.92. The van der Waals surface area contributed by atoms with Crippen molar-refractivity contribution in [3.63, 3.8) is 0 Å². The Labute approximate surface area is 164 Å². The molecule has 0 fully saturated rings. The van der Waals surface area contributed by atoms with Gasteiger partial charge in [0.15, 0.2) is 11.5 Å². The van der Waals surface area contributed by atoms with Gasteiger partial charge in [-0.3, -0.25) is 4.79 Å². The van der Waals surface area contributed by atoms with Gasteiger partial charge in [-0.2, -0.15) is 0 Å². The van der Waals surface area contributed by atoms with E-state index in [1.165, 1.54) is 33.5 Å². The zero-order chi connectivity index (χ0) is 20.5. The van der Waals surface area contributed by atoms with Crippen LogP contribution in [0.4, 0.5) is 5.69 Å². The van der Waals surface area contributed by atoms with E-state index in [0.717, 1.165) is 12.8 Å². The lowest BCUT2D eigenvalue weighted by Gasteiger charge is -2.15. The molecule has 0 aliphatic heterocycles. The Morgan fingerprint density at radius 1 is 0.964 bits per heavy atom. The summed E-state index contributed by atoms with van der Waals surface area (Å²) in [6.45, 7) is 2.73. The second kappa shape index (κ2) is 10.2. The average molecular weight is 387 g/mol. The van der Waals surface area contributed by atoms with Crippen molar-refractivity contribution in [2.75, 3.05) is 33.3 Å². The molecule has 0 aliphatic rings. The SMILES string of the molecule is CCCCOc1ccc(C(=O)Nc2cc(OC)c(OC)cc2C(=O)OC)cc1. The molecule has 28 heavy (non-hydrogen) atoms. The molecule has 2 aromatic rings. The number of rotatable bonds is 9. The molecule has 0 saturated carbocycles. The summed E-state index contributed by atoms with van der Waals surface area (Å²) < 4.78 is 20.9. The van der Waals surface area contributed by atoms with E-state index in [1.54, 1.807) is 24.3 Å². The number of ether oxygens (including phenoxy) is 4. The summed E-state index contributed by atoms with van der Waals surface area (Å²) in [6, 6.07) is 9.78. The van der Waals surface area contributed by atoms with Gasteiger partial charge in [-0.15, -0.1) is 0 Å². The first-order valence-electron chi connectivity index (χ1n) is 8.92. The molecule has 0 aromatic heterocycles. The highest BCUT2D eigenvalue weighted by molar-refractivity contribution is 6.08. The maximum absolute atomic E-state index is 12.6. The molecule has 0 saturated heterocycles. The summed E-state index contributed by atoms with van der Waals surface area (Å²) in [4.78, 5) is 24.7. The minimum Gasteiger partial charge on any atom is -0.494 e. The molecule has 7 heteroatoms. The van der Waals surface area contributed by atoms with Crippen molar-refractivity contribution in [2.45, 2.75) is 19.8 Å². The van der Waals surface area contributed by atoms with Crippen LogP contribution in [0.2, 0.25) is 0 Å². The summed E-state index contributed by atoms with van der Waals surface area (Å²) >= 11 is 0. The molecule has 0 bridgehead atoms. The topological polar surface area (TPSA) is 83.1 Å². The molecule has 0 atom stereocenters. The van der Waals surface area contributed by atoms with Crippen molar-refractivity contribution in [1.82, 2.24) is 0 Å². The summed E-state index contributed by atoms with van der Waals surface area (Å²) in [5.41, 5.74) is 0.847. The van der Waals surface area contributed by atoms with Gasteiger partial charge >= 0.3 is 5.97 Å². The highest BCUT2D eigenvalue weighted by Crippen LogP contribution is 2.34. The molecule has 2 aromatic carbocycles. The van der Waals surface area contributed by atoms with E-state index in [2.05, 4.69) is 12.2 Å². The number of hydrogen-bond donors (Lipinski definition) is 1. The van der Waals surface area contributed by atoms with Gasteiger partial charge in [0.25, 0.3) is 5.91 Å². The third kappa shape index (κ3) is 5.16. The van der Waals surface area contributed by atoms with Crippen LogP contribution in [0.1, 0.15) is 40.5 Å². The molecule has 0 unspecified atom stereocenters. The summed E-state index contributed by atoms with van der Waals surface area (Å²) in [6.07, 6.45) is 2.02. The number of esters is 1. The normalized spacial score (nSPS) is 10.1. The molecule has 0 heterocycles. The highest BCUT2D eigenvalue weighted by Gasteiger charge is 2.19. The minimum absolute atomic E-state index is 0.160. The molecule has 2 rings (SSSR count). The average Bonchev–Trinajstić information content (AvgIpc) is 2.73. The molecular formula is C21H25NO6. The van der Waals surface area contributed by atoms with Crippen LogP contribution in [0.15, 0.2) is 36.4 Å². The molecular weight excluding hydrogens is 362 g/mol. The quantitative estimate of drug-likeness (QED) is 0.519. The molecule has 1 amide bonds. The minimum atomic E-state index is -0.601. The van der Waals surface area contributed by atoms with Crippen LogP contribution in [0, 0.1) is 0 Å². The summed E-state index contributed by atoms with van der Waals surface area (Å²) in [5.74, 6) is 0.458. The van der Waals surface area contributed by atoms with Crippen molar-refractivity contribution in [1.29, 1.82) is 0 Å². The van der Waals surface area contributed by atoms with Crippen LogP contribution >= 0.6 is 0 Å². The van der Waals surface area contributed by atoms with E-state index in [9.17, 15) is 9.59 Å². The van der Waals surface area contributed by atoms with Crippen LogP contribution in [0.3, 0.4) is 0 Å². The van der Waals surface area contributed by atoms with Gasteiger partial charge in [-0.1, -0.05) is 13.3 Å². The van der Waals surface area contributed by atoms with Crippen molar-refractivity contribution in [2.24, 2.45) is 0 Å². The smallest absolute Gasteiger partial charge is 0.340 e. The second-order valence-corrected chi connectivity index (χ2v) is 5.92. The predicted molar refractivity (Wildman–Crippen MR) is 106 cm³/mol. The Morgan fingerprint density at radius 3 is 2.18 bits per heavy atom. The Hall–Kier alpha value is -3.22. The third-order valence-electron chi connectivity index (χ3n) is 4.06. The Morgan fingerprint density at radius 2 is 1.61 bits per heavy atom. The van der Waals surface area contributed by atoms with E-state index in [-0.39, 0.29) is 17.2 Å². The number of carbonyl (C=O) groups excluding carboxylic acids is 2. The Bertz CT molecular complexity index is 816. The predicted octanol–water partition coefficient (Wildman–Crippen LogP) is 3.92. The number of benzene rings is 2. The summed E-state index contributed by atoms with van der Waals surface area (Å²) in [5, 5.41) is 2.72. The van der Waals surface area contributed by atoms with E-state index >= 15 is 0 Å². The lowest BCUT2D eigenvalue weighted by Crippen LogP contribution is -2.16. The van der Waals surface area contributed by atoms with Gasteiger partial charge in [0.1, 0.15) is 5.75 Å². The molecule has 1 N–H and O–H groups in total. The monoisotopic (exact) mass is 387 g/mol. The van der Waals surface area contributed by atoms with Gasteiger partial charge < -0.3 is 24.3 Å². The van der Waals surface area contributed by atoms with E-state index < -0.39 is 5.97 Å². The molecule has 0 spiro atoms. The standard InChI is InChI=1S/C21H25NO6/c1-5-6-11-28-15-9-7-14(8-10-15)20(23)22-17-13-19(26-3)18(25-2)12-16(17)21(24)27-4/h7-10,12-13H,5-6,11H2,1-4H3,(H,22,23). The fraction of sp³-hybridized carbons (Fsp3) is 0.333. The first kappa shape index (κ1) is 21.1. The molecule has 0 aliphatic carbocycles. The molecule has 150 valence electrons. The van der Waals surface area contributed by atoms with Gasteiger partial charge in [0, 0.05) is 17.7 Å². The van der Waals surface area contributed by atoms with Gasteiger partial charge in [-0.05, 0) is 30.7 Å². The number of hydrogen-bond acceptors (Lipinski definition) is 6. The van der Waals surface area contributed by atoms with Crippen molar-refractivity contribution in [3.8, 4) is 17.2 Å². The van der Waals surface area contributed by atoms with Crippen molar-refractivity contribution < 1.29 is 28.5 Å². The number of amides is 1. The lowest BCUT2D eigenvalue weighted by molar-refractivity contribution is 0.0601. The van der Waals surface area contributed by atoms with Crippen LogP contribution in [-0.2, 0) is 4.74 Å². The van der Waals surface area contributed by atoms with Crippen molar-refractivity contribution in [3.05, 3.63) is 47.5 Å². The number of nitrogens with one attached hydrogen (secondary N) is 1. The van der Waals surface area contributed by atoms with Crippen LogP contribution < -0.4 is 19.5 Å². The van der Waals surface area contributed by atoms with E-state index in [4.69, 9.17) is 18.9 Å². The van der Waals surface area contributed by atoms with E-state index in [1.807, 2.05) is 0 Å². The largest absolute Gasteiger partial charge is 0.494 e. The third-order valence-corrected chi connectivity index (χ3v) is 4.06. The number of unbranched alkanes of at least 4 members (excludes halogenated alkanes) is 1. The zero-order valence-electron chi connectivity index (χ0n) is 16.5. The van der Waals surface area contributed by atoms with Gasteiger partial charge in [-0.25, -0.2) is 4.79 Å². The molecule has 7 nitrogen and oxygen atoms in total. The first-order chi connectivity index (χ1) is 13.5. The Kier molecular flexibility index (Phi) is 7.68. The number of anilines is 1. The molecule has 0 radical (unpaired) electrons. The van der Waals surface area contributed by atoms with Crippen LogP contribution in [0.5, 0.6) is 17.2 Å². The summed E-state index contributed by atoms with van der Waals surface area (Å²) in [7, 11) is 4.20. The van der Waals surface area contributed by atoms with Crippen LogP contribution in [-0.4, -0.2) is 39.8 Å². The van der Waals surface area contributed by atoms with Gasteiger partial charge in [0.2, 0.25) is 0 Å². The fourth-order valence-corrected chi connectivity index (χ4v) is 2.49.